The summed E-state index contributed by atoms with van der Waals surface area (Å²) >= 11 is 0. The molecule has 0 amide bonds. The molecule has 0 spiro atoms. The van der Waals surface area contributed by atoms with E-state index in [1.54, 1.807) is 6.07 Å². The molecule has 1 heterocycles. The van der Waals surface area contributed by atoms with Crippen LogP contribution in [0.1, 0.15) is 6.42 Å². The second-order valence-electron chi connectivity index (χ2n) is 2.66. The van der Waals surface area contributed by atoms with Gasteiger partial charge < -0.3 is 4.90 Å². The molecule has 13 heavy (non-hydrogen) atoms. The van der Waals surface area contributed by atoms with Crippen molar-refractivity contribution >= 4 is 5.82 Å². The third kappa shape index (κ3) is 2.71. The molecule has 0 saturated carbocycles. The van der Waals surface area contributed by atoms with Gasteiger partial charge in [-0.25, -0.2) is 9.37 Å². The molecule has 0 radical (unpaired) electrons. The summed E-state index contributed by atoms with van der Waals surface area (Å²) in [7, 11) is 1.82. The summed E-state index contributed by atoms with van der Waals surface area (Å²) in [5.74, 6) is 0.328. The third-order valence-electron chi connectivity index (χ3n) is 1.66. The molecule has 68 valence electrons. The van der Waals surface area contributed by atoms with Crippen LogP contribution in [0.3, 0.4) is 0 Å². The van der Waals surface area contributed by atoms with Crippen molar-refractivity contribution in [3.63, 3.8) is 0 Å². The van der Waals surface area contributed by atoms with Crippen molar-refractivity contribution < 1.29 is 4.39 Å². The third-order valence-corrected chi connectivity index (χ3v) is 1.66. The van der Waals surface area contributed by atoms with E-state index >= 15 is 0 Å². The van der Waals surface area contributed by atoms with E-state index in [1.165, 1.54) is 6.07 Å². The van der Waals surface area contributed by atoms with Crippen LogP contribution in [0.25, 0.3) is 0 Å². The highest BCUT2D eigenvalue weighted by Gasteiger charge is 2.00. The molecule has 1 aromatic heterocycles. The van der Waals surface area contributed by atoms with E-state index in [9.17, 15) is 4.39 Å². The van der Waals surface area contributed by atoms with Crippen LogP contribution >= 0.6 is 0 Å². The van der Waals surface area contributed by atoms with Gasteiger partial charge in [0.15, 0.2) is 0 Å². The second-order valence-corrected chi connectivity index (χ2v) is 2.66. The average molecular weight is 179 g/mol. The molecule has 1 rings (SSSR count). The molecule has 0 bridgehead atoms. The second kappa shape index (κ2) is 4.41. The van der Waals surface area contributed by atoms with Gasteiger partial charge in [-0.1, -0.05) is 0 Å². The average Bonchev–Trinajstić information content (AvgIpc) is 2.15. The molecule has 0 aliphatic carbocycles. The van der Waals surface area contributed by atoms with Crippen LogP contribution in [-0.4, -0.2) is 18.6 Å². The number of anilines is 1. The Morgan fingerprint density at radius 1 is 1.62 bits per heavy atom. The number of halogens is 1. The zero-order chi connectivity index (χ0) is 9.68. The minimum absolute atomic E-state index is 0.350. The minimum atomic E-state index is -0.350. The van der Waals surface area contributed by atoms with Crippen molar-refractivity contribution in [2.75, 3.05) is 18.5 Å². The highest BCUT2D eigenvalue weighted by Crippen LogP contribution is 2.08. The van der Waals surface area contributed by atoms with Crippen molar-refractivity contribution in [2.45, 2.75) is 6.42 Å². The van der Waals surface area contributed by atoms with Crippen LogP contribution in [0, 0.1) is 17.1 Å². The molecule has 1 aromatic rings. The van der Waals surface area contributed by atoms with Crippen LogP contribution in [0.15, 0.2) is 18.3 Å². The Hall–Kier alpha value is -1.63. The molecule has 4 heteroatoms. The molecule has 0 aliphatic rings. The lowest BCUT2D eigenvalue weighted by atomic mass is 10.4. The monoisotopic (exact) mass is 179 g/mol. The summed E-state index contributed by atoms with van der Waals surface area (Å²) in [5.41, 5.74) is 0. The Bertz CT molecular complexity index is 302. The summed E-state index contributed by atoms with van der Waals surface area (Å²) in [5, 5.41) is 8.35. The fraction of sp³-hybridized carbons (Fsp3) is 0.333. The van der Waals surface area contributed by atoms with Gasteiger partial charge in [-0.3, -0.25) is 0 Å². The Morgan fingerprint density at radius 2 is 2.38 bits per heavy atom. The quantitative estimate of drug-likeness (QED) is 0.707. The van der Waals surface area contributed by atoms with Crippen molar-refractivity contribution in [1.29, 1.82) is 5.26 Å². The molecule has 0 fully saturated rings. The first-order valence-corrected chi connectivity index (χ1v) is 3.93. The minimum Gasteiger partial charge on any atom is -0.359 e. The van der Waals surface area contributed by atoms with Crippen molar-refractivity contribution in [2.24, 2.45) is 0 Å². The van der Waals surface area contributed by atoms with E-state index < -0.39 is 0 Å². The highest BCUT2D eigenvalue weighted by molar-refractivity contribution is 5.36. The zero-order valence-corrected chi connectivity index (χ0v) is 7.37. The topological polar surface area (TPSA) is 39.9 Å². The van der Waals surface area contributed by atoms with Gasteiger partial charge in [0.2, 0.25) is 0 Å². The Kier molecular flexibility index (Phi) is 3.21. The molecule has 0 unspecified atom stereocenters. The number of rotatable bonds is 3. The summed E-state index contributed by atoms with van der Waals surface area (Å²) in [6.45, 7) is 0.606. The predicted octanol–water partition coefficient (Wildman–Crippen LogP) is 1.57. The van der Waals surface area contributed by atoms with Crippen LogP contribution in [0.4, 0.5) is 10.2 Å². The largest absolute Gasteiger partial charge is 0.359 e. The lowest BCUT2D eigenvalue weighted by Crippen LogP contribution is -2.19. The van der Waals surface area contributed by atoms with Gasteiger partial charge in [-0.2, -0.15) is 5.26 Å². The SMILES string of the molecule is CN(CCC#N)c1ccc(F)cn1. The number of pyridine rings is 1. The van der Waals surface area contributed by atoms with Gasteiger partial charge in [-0.15, -0.1) is 0 Å². The van der Waals surface area contributed by atoms with Gasteiger partial charge in [-0.05, 0) is 12.1 Å². The molecule has 0 aromatic carbocycles. The number of nitrogens with zero attached hydrogens (tertiary/aromatic N) is 3. The van der Waals surface area contributed by atoms with Gasteiger partial charge in [0.1, 0.15) is 11.6 Å². The van der Waals surface area contributed by atoms with Gasteiger partial charge in [0.05, 0.1) is 18.7 Å². The van der Waals surface area contributed by atoms with Gasteiger partial charge in [0.25, 0.3) is 0 Å². The van der Waals surface area contributed by atoms with Gasteiger partial charge >= 0.3 is 0 Å². The smallest absolute Gasteiger partial charge is 0.141 e. The molecule has 3 nitrogen and oxygen atoms in total. The number of nitriles is 1. The van der Waals surface area contributed by atoms with Crippen LogP contribution in [0.2, 0.25) is 0 Å². The fourth-order valence-electron chi connectivity index (χ4n) is 0.926. The first kappa shape index (κ1) is 9.46. The van der Waals surface area contributed by atoms with E-state index in [4.69, 9.17) is 5.26 Å². The van der Waals surface area contributed by atoms with Crippen molar-refractivity contribution in [3.8, 4) is 6.07 Å². The zero-order valence-electron chi connectivity index (χ0n) is 7.37. The maximum Gasteiger partial charge on any atom is 0.141 e. The van der Waals surface area contributed by atoms with Crippen molar-refractivity contribution in [3.05, 3.63) is 24.1 Å². The maximum absolute atomic E-state index is 12.5. The van der Waals surface area contributed by atoms with E-state index in [1.807, 2.05) is 18.0 Å². The predicted molar refractivity (Wildman–Crippen MR) is 47.7 cm³/mol. The Morgan fingerprint density at radius 3 is 2.92 bits per heavy atom. The summed E-state index contributed by atoms with van der Waals surface area (Å²) < 4.78 is 12.5. The summed E-state index contributed by atoms with van der Waals surface area (Å²) in [6, 6.07) is 4.98. The lowest BCUT2D eigenvalue weighted by Gasteiger charge is -2.15. The first-order chi connectivity index (χ1) is 6.24. The Labute approximate surface area is 76.4 Å². The van der Waals surface area contributed by atoms with E-state index in [0.29, 0.717) is 18.8 Å². The number of aromatic nitrogens is 1. The van der Waals surface area contributed by atoms with Crippen molar-refractivity contribution in [1.82, 2.24) is 4.98 Å². The molecular formula is C9H10FN3. The summed E-state index contributed by atoms with van der Waals surface area (Å²) in [6.07, 6.45) is 1.60. The lowest BCUT2D eigenvalue weighted by molar-refractivity contribution is 0.621. The number of hydrogen-bond donors (Lipinski definition) is 0. The van der Waals surface area contributed by atoms with Gasteiger partial charge in [0, 0.05) is 13.6 Å². The number of hydrogen-bond acceptors (Lipinski definition) is 3. The highest BCUT2D eigenvalue weighted by atomic mass is 19.1. The van der Waals surface area contributed by atoms with E-state index in [0.717, 1.165) is 6.20 Å². The molecule has 0 atom stereocenters. The maximum atomic E-state index is 12.5. The van der Waals surface area contributed by atoms with E-state index in [2.05, 4.69) is 4.98 Å². The van der Waals surface area contributed by atoms with Crippen LogP contribution in [0.5, 0.6) is 0 Å². The normalized spacial score (nSPS) is 9.31. The van der Waals surface area contributed by atoms with Crippen LogP contribution < -0.4 is 4.90 Å². The first-order valence-electron chi connectivity index (χ1n) is 3.93. The van der Waals surface area contributed by atoms with Crippen LogP contribution in [-0.2, 0) is 0 Å². The standard InChI is InChI=1S/C9H10FN3/c1-13(6-2-5-11)9-4-3-8(10)7-12-9/h3-4,7H,2,6H2,1H3. The van der Waals surface area contributed by atoms with E-state index in [-0.39, 0.29) is 5.82 Å². The molecule has 0 saturated heterocycles. The fourth-order valence-corrected chi connectivity index (χ4v) is 0.926. The molecule has 0 aliphatic heterocycles. The molecule has 0 N–H and O–H groups in total. The molecular weight excluding hydrogens is 169 g/mol. The Balaban J connectivity index is 2.62. The summed E-state index contributed by atoms with van der Waals surface area (Å²) in [4.78, 5) is 5.68.